The summed E-state index contributed by atoms with van der Waals surface area (Å²) in [4.78, 5) is 0. The van der Waals surface area contributed by atoms with Gasteiger partial charge in [0.15, 0.2) is 0 Å². The maximum absolute atomic E-state index is 6.07. The zero-order chi connectivity index (χ0) is 14.8. The van der Waals surface area contributed by atoms with E-state index in [-0.39, 0.29) is 11.5 Å². The van der Waals surface area contributed by atoms with Gasteiger partial charge in [-0.1, -0.05) is 51.1 Å². The van der Waals surface area contributed by atoms with E-state index in [0.29, 0.717) is 0 Å². The third-order valence-electron chi connectivity index (χ3n) is 3.31. The van der Waals surface area contributed by atoms with Crippen LogP contribution >= 0.6 is 0 Å². The lowest BCUT2D eigenvalue weighted by atomic mass is 9.86. The SMILES string of the molecule is CC(N)c1cccc(Oc2ccccc2C(C)(C)C)c1. The van der Waals surface area contributed by atoms with Crippen molar-refractivity contribution in [2.75, 3.05) is 0 Å². The van der Waals surface area contributed by atoms with E-state index in [1.165, 1.54) is 5.56 Å². The summed E-state index contributed by atoms with van der Waals surface area (Å²) in [6.07, 6.45) is 0. The Morgan fingerprint density at radius 3 is 2.35 bits per heavy atom. The number of para-hydroxylation sites is 1. The van der Waals surface area contributed by atoms with Crippen LogP contribution in [0.25, 0.3) is 0 Å². The molecule has 2 N–H and O–H groups in total. The topological polar surface area (TPSA) is 35.2 Å². The number of rotatable bonds is 3. The van der Waals surface area contributed by atoms with Gasteiger partial charge in [-0.15, -0.1) is 0 Å². The molecule has 0 aliphatic heterocycles. The van der Waals surface area contributed by atoms with Crippen LogP contribution in [0.5, 0.6) is 11.5 Å². The number of hydrogen-bond donors (Lipinski definition) is 1. The van der Waals surface area contributed by atoms with E-state index >= 15 is 0 Å². The Kier molecular flexibility index (Phi) is 4.15. The predicted octanol–water partition coefficient (Wildman–Crippen LogP) is 4.80. The molecule has 2 rings (SSSR count). The normalized spacial score (nSPS) is 13.1. The van der Waals surface area contributed by atoms with Gasteiger partial charge in [0.1, 0.15) is 11.5 Å². The maximum atomic E-state index is 6.07. The first-order valence-corrected chi connectivity index (χ1v) is 7.01. The van der Waals surface area contributed by atoms with Gasteiger partial charge in [0, 0.05) is 11.6 Å². The van der Waals surface area contributed by atoms with Crippen LogP contribution in [0.3, 0.4) is 0 Å². The monoisotopic (exact) mass is 269 g/mol. The van der Waals surface area contributed by atoms with Gasteiger partial charge in [-0.05, 0) is 36.1 Å². The van der Waals surface area contributed by atoms with Crippen molar-refractivity contribution in [1.29, 1.82) is 0 Å². The largest absolute Gasteiger partial charge is 0.457 e. The lowest BCUT2D eigenvalue weighted by molar-refractivity contribution is 0.454. The minimum atomic E-state index is 0.0106. The molecule has 2 nitrogen and oxygen atoms in total. The van der Waals surface area contributed by atoms with Crippen LogP contribution in [0, 0.1) is 0 Å². The average Bonchev–Trinajstić information content (AvgIpc) is 2.38. The molecule has 0 bridgehead atoms. The zero-order valence-electron chi connectivity index (χ0n) is 12.7. The fourth-order valence-electron chi connectivity index (χ4n) is 2.16. The molecule has 2 heteroatoms. The first-order valence-electron chi connectivity index (χ1n) is 7.01. The lowest BCUT2D eigenvalue weighted by Crippen LogP contribution is -2.12. The van der Waals surface area contributed by atoms with Crippen molar-refractivity contribution >= 4 is 0 Å². The summed E-state index contributed by atoms with van der Waals surface area (Å²) < 4.78 is 6.07. The average molecular weight is 269 g/mol. The van der Waals surface area contributed by atoms with Crippen LogP contribution in [0.2, 0.25) is 0 Å². The van der Waals surface area contributed by atoms with Crippen molar-refractivity contribution in [3.8, 4) is 11.5 Å². The Balaban J connectivity index is 2.33. The molecule has 0 radical (unpaired) electrons. The highest BCUT2D eigenvalue weighted by Crippen LogP contribution is 2.34. The molecule has 0 saturated heterocycles. The third-order valence-corrected chi connectivity index (χ3v) is 3.31. The van der Waals surface area contributed by atoms with Crippen molar-refractivity contribution in [3.05, 3.63) is 59.7 Å². The molecule has 0 amide bonds. The van der Waals surface area contributed by atoms with Crippen LogP contribution in [-0.2, 0) is 5.41 Å². The Morgan fingerprint density at radius 2 is 1.70 bits per heavy atom. The second kappa shape index (κ2) is 5.68. The summed E-state index contributed by atoms with van der Waals surface area (Å²) in [7, 11) is 0. The maximum Gasteiger partial charge on any atom is 0.131 e. The van der Waals surface area contributed by atoms with Crippen molar-refractivity contribution in [2.45, 2.75) is 39.2 Å². The van der Waals surface area contributed by atoms with E-state index in [4.69, 9.17) is 10.5 Å². The van der Waals surface area contributed by atoms with E-state index in [1.807, 2.05) is 49.4 Å². The van der Waals surface area contributed by atoms with Crippen molar-refractivity contribution in [2.24, 2.45) is 5.73 Å². The highest BCUT2D eigenvalue weighted by Gasteiger charge is 2.18. The molecule has 20 heavy (non-hydrogen) atoms. The van der Waals surface area contributed by atoms with Crippen LogP contribution in [0.15, 0.2) is 48.5 Å². The number of hydrogen-bond acceptors (Lipinski definition) is 2. The Hall–Kier alpha value is -1.80. The van der Waals surface area contributed by atoms with E-state index in [2.05, 4.69) is 26.8 Å². The summed E-state index contributed by atoms with van der Waals surface area (Å²) in [6, 6.07) is 16.2. The molecule has 2 aromatic rings. The standard InChI is InChI=1S/C18H23NO/c1-13(19)14-8-7-9-15(12-14)20-17-11-6-5-10-16(17)18(2,3)4/h5-13H,19H2,1-4H3. The van der Waals surface area contributed by atoms with Crippen LogP contribution in [0.4, 0.5) is 0 Å². The van der Waals surface area contributed by atoms with Gasteiger partial charge < -0.3 is 10.5 Å². The summed E-state index contributed by atoms with van der Waals surface area (Å²) in [5, 5.41) is 0. The lowest BCUT2D eigenvalue weighted by Gasteiger charge is -2.22. The molecule has 0 fully saturated rings. The molecule has 0 heterocycles. The molecule has 0 aliphatic carbocycles. The Bertz CT molecular complexity index is 582. The van der Waals surface area contributed by atoms with Crippen LogP contribution in [0.1, 0.15) is 44.9 Å². The summed E-state index contributed by atoms with van der Waals surface area (Å²) in [6.45, 7) is 8.54. The molecule has 0 aliphatic rings. The van der Waals surface area contributed by atoms with Gasteiger partial charge in [-0.2, -0.15) is 0 Å². The second-order valence-corrected chi connectivity index (χ2v) is 6.21. The molecule has 0 saturated carbocycles. The molecule has 2 aromatic carbocycles. The predicted molar refractivity (Wildman–Crippen MR) is 84.3 cm³/mol. The third kappa shape index (κ3) is 3.40. The molecular formula is C18H23NO. The molecule has 106 valence electrons. The van der Waals surface area contributed by atoms with Gasteiger partial charge >= 0.3 is 0 Å². The fourth-order valence-corrected chi connectivity index (χ4v) is 2.16. The highest BCUT2D eigenvalue weighted by molar-refractivity contribution is 5.42. The number of nitrogens with two attached hydrogens (primary N) is 1. The first-order chi connectivity index (χ1) is 9.38. The van der Waals surface area contributed by atoms with Crippen molar-refractivity contribution in [1.82, 2.24) is 0 Å². The Labute approximate surface area is 121 Å². The zero-order valence-corrected chi connectivity index (χ0v) is 12.7. The van der Waals surface area contributed by atoms with E-state index < -0.39 is 0 Å². The van der Waals surface area contributed by atoms with Crippen molar-refractivity contribution < 1.29 is 4.74 Å². The molecular weight excluding hydrogens is 246 g/mol. The van der Waals surface area contributed by atoms with Crippen LogP contribution in [-0.4, -0.2) is 0 Å². The van der Waals surface area contributed by atoms with Crippen molar-refractivity contribution in [3.63, 3.8) is 0 Å². The summed E-state index contributed by atoms with van der Waals surface area (Å²) >= 11 is 0. The van der Waals surface area contributed by atoms with E-state index in [0.717, 1.165) is 17.1 Å². The fraction of sp³-hybridized carbons (Fsp3) is 0.333. The minimum Gasteiger partial charge on any atom is -0.457 e. The number of benzene rings is 2. The van der Waals surface area contributed by atoms with Gasteiger partial charge in [0.2, 0.25) is 0 Å². The van der Waals surface area contributed by atoms with Gasteiger partial charge in [0.25, 0.3) is 0 Å². The molecule has 0 spiro atoms. The second-order valence-electron chi connectivity index (χ2n) is 6.21. The summed E-state index contributed by atoms with van der Waals surface area (Å²) in [5.74, 6) is 1.73. The quantitative estimate of drug-likeness (QED) is 0.869. The van der Waals surface area contributed by atoms with Crippen LogP contribution < -0.4 is 10.5 Å². The summed E-state index contributed by atoms with van der Waals surface area (Å²) in [5.41, 5.74) is 8.25. The van der Waals surface area contributed by atoms with E-state index in [1.54, 1.807) is 0 Å². The Morgan fingerprint density at radius 1 is 1.00 bits per heavy atom. The highest BCUT2D eigenvalue weighted by atomic mass is 16.5. The molecule has 1 atom stereocenters. The van der Waals surface area contributed by atoms with E-state index in [9.17, 15) is 0 Å². The molecule has 1 unspecified atom stereocenters. The van der Waals surface area contributed by atoms with Gasteiger partial charge in [-0.3, -0.25) is 0 Å². The van der Waals surface area contributed by atoms with Gasteiger partial charge in [0.05, 0.1) is 0 Å². The molecule has 0 aromatic heterocycles. The first kappa shape index (κ1) is 14.6. The van der Waals surface area contributed by atoms with Gasteiger partial charge in [-0.25, -0.2) is 0 Å². The smallest absolute Gasteiger partial charge is 0.131 e. The minimum absolute atomic E-state index is 0.0106. The number of ether oxygens (including phenoxy) is 1.